The van der Waals surface area contributed by atoms with Gasteiger partial charge in [0, 0.05) is 31.5 Å². The van der Waals surface area contributed by atoms with Gasteiger partial charge in [-0.1, -0.05) is 26.0 Å². The number of nitrogens with zero attached hydrogens (tertiary/aromatic N) is 1. The van der Waals surface area contributed by atoms with Gasteiger partial charge in [0.1, 0.15) is 11.4 Å². The van der Waals surface area contributed by atoms with Crippen molar-refractivity contribution >= 4 is 5.97 Å². The smallest absolute Gasteiger partial charge is 0.324 e. The van der Waals surface area contributed by atoms with Gasteiger partial charge in [-0.3, -0.25) is 9.69 Å². The Morgan fingerprint density at radius 3 is 2.64 bits per heavy atom. The molecule has 5 heteroatoms. The standard InChI is InChI=1S/C17H24FNO3/c1-11(2)17(3,16(21)22)19-8-13(10-20)15(9-19)12-5-4-6-14(18)7-12/h4-7,11,13,15,20H,8-10H2,1-3H3,(H,21,22). The van der Waals surface area contributed by atoms with E-state index in [4.69, 9.17) is 0 Å². The number of aliphatic hydroxyl groups is 1. The average molecular weight is 309 g/mol. The molecule has 0 aromatic heterocycles. The highest BCUT2D eigenvalue weighted by Gasteiger charge is 2.48. The number of carbonyl (C=O) groups is 1. The molecule has 2 rings (SSSR count). The molecule has 0 spiro atoms. The van der Waals surface area contributed by atoms with Crippen molar-refractivity contribution in [3.63, 3.8) is 0 Å². The van der Waals surface area contributed by atoms with E-state index in [1.54, 1.807) is 13.0 Å². The van der Waals surface area contributed by atoms with Crippen molar-refractivity contribution in [1.29, 1.82) is 0 Å². The van der Waals surface area contributed by atoms with Crippen molar-refractivity contribution in [3.05, 3.63) is 35.6 Å². The number of aliphatic hydroxyl groups excluding tert-OH is 1. The third kappa shape index (κ3) is 2.88. The number of likely N-dealkylation sites (tertiary alicyclic amines) is 1. The Bertz CT molecular complexity index is 548. The first kappa shape index (κ1) is 16.9. The van der Waals surface area contributed by atoms with Gasteiger partial charge in [-0.05, 0) is 30.5 Å². The normalized spacial score (nSPS) is 25.4. The zero-order valence-corrected chi connectivity index (χ0v) is 13.3. The van der Waals surface area contributed by atoms with Crippen molar-refractivity contribution in [2.45, 2.75) is 32.2 Å². The largest absolute Gasteiger partial charge is 0.480 e. The van der Waals surface area contributed by atoms with Crippen LogP contribution in [-0.4, -0.2) is 46.3 Å². The lowest BCUT2D eigenvalue weighted by Crippen LogP contribution is -2.55. The van der Waals surface area contributed by atoms with Gasteiger partial charge in [0.25, 0.3) is 0 Å². The van der Waals surface area contributed by atoms with Gasteiger partial charge < -0.3 is 10.2 Å². The van der Waals surface area contributed by atoms with Crippen LogP contribution in [0.2, 0.25) is 0 Å². The molecule has 0 radical (unpaired) electrons. The molecule has 0 amide bonds. The number of hydrogen-bond donors (Lipinski definition) is 2. The van der Waals surface area contributed by atoms with E-state index < -0.39 is 11.5 Å². The van der Waals surface area contributed by atoms with Crippen molar-refractivity contribution < 1.29 is 19.4 Å². The summed E-state index contributed by atoms with van der Waals surface area (Å²) in [7, 11) is 0. The summed E-state index contributed by atoms with van der Waals surface area (Å²) < 4.78 is 13.5. The molecule has 1 aromatic rings. The monoisotopic (exact) mass is 309 g/mol. The van der Waals surface area contributed by atoms with Crippen LogP contribution in [0, 0.1) is 17.7 Å². The van der Waals surface area contributed by atoms with E-state index in [1.807, 2.05) is 24.8 Å². The number of halogens is 1. The highest BCUT2D eigenvalue weighted by Crippen LogP contribution is 2.38. The highest BCUT2D eigenvalue weighted by molar-refractivity contribution is 5.78. The van der Waals surface area contributed by atoms with Crippen LogP contribution in [0.4, 0.5) is 4.39 Å². The summed E-state index contributed by atoms with van der Waals surface area (Å²) in [5, 5.41) is 19.3. The zero-order valence-electron chi connectivity index (χ0n) is 13.3. The van der Waals surface area contributed by atoms with E-state index in [0.717, 1.165) is 5.56 Å². The first-order valence-corrected chi connectivity index (χ1v) is 7.65. The van der Waals surface area contributed by atoms with E-state index >= 15 is 0 Å². The Morgan fingerprint density at radius 2 is 2.14 bits per heavy atom. The summed E-state index contributed by atoms with van der Waals surface area (Å²) in [5.74, 6) is -1.38. The first-order valence-electron chi connectivity index (χ1n) is 7.65. The summed E-state index contributed by atoms with van der Waals surface area (Å²) in [6.45, 7) is 6.47. The Hall–Kier alpha value is -1.46. The van der Waals surface area contributed by atoms with Gasteiger partial charge in [0.2, 0.25) is 0 Å². The van der Waals surface area contributed by atoms with E-state index in [2.05, 4.69) is 0 Å². The molecule has 1 heterocycles. The maximum absolute atomic E-state index is 13.5. The second kappa shape index (κ2) is 6.34. The summed E-state index contributed by atoms with van der Waals surface area (Å²) in [5.41, 5.74) is -0.173. The molecule has 1 aliphatic rings. The topological polar surface area (TPSA) is 60.8 Å². The molecular weight excluding hydrogens is 285 g/mol. The Labute approximate surface area is 130 Å². The summed E-state index contributed by atoms with van der Waals surface area (Å²) in [6.07, 6.45) is 0. The second-order valence-electron chi connectivity index (χ2n) is 6.62. The lowest BCUT2D eigenvalue weighted by Gasteiger charge is -2.38. The van der Waals surface area contributed by atoms with E-state index in [1.165, 1.54) is 12.1 Å². The molecule has 0 bridgehead atoms. The van der Waals surface area contributed by atoms with Crippen LogP contribution in [0.15, 0.2) is 24.3 Å². The minimum Gasteiger partial charge on any atom is -0.480 e. The number of carboxylic acids is 1. The molecule has 0 saturated carbocycles. The maximum atomic E-state index is 13.5. The van der Waals surface area contributed by atoms with Gasteiger partial charge >= 0.3 is 5.97 Å². The molecule has 2 N–H and O–H groups in total. The van der Waals surface area contributed by atoms with E-state index in [-0.39, 0.29) is 30.2 Å². The molecule has 122 valence electrons. The molecule has 1 aliphatic heterocycles. The predicted molar refractivity (Wildman–Crippen MR) is 82.2 cm³/mol. The Balaban J connectivity index is 2.31. The van der Waals surface area contributed by atoms with Crippen LogP contribution in [0.1, 0.15) is 32.3 Å². The fourth-order valence-corrected chi connectivity index (χ4v) is 3.30. The Kier molecular flexibility index (Phi) is 4.87. The average Bonchev–Trinajstić information content (AvgIpc) is 2.90. The summed E-state index contributed by atoms with van der Waals surface area (Å²) >= 11 is 0. The number of aliphatic carboxylic acids is 1. The third-order valence-electron chi connectivity index (χ3n) is 5.17. The fourth-order valence-electron chi connectivity index (χ4n) is 3.30. The quantitative estimate of drug-likeness (QED) is 0.876. The first-order chi connectivity index (χ1) is 10.3. The number of hydrogen-bond acceptors (Lipinski definition) is 3. The van der Waals surface area contributed by atoms with Gasteiger partial charge in [-0.2, -0.15) is 0 Å². The molecule has 3 atom stereocenters. The second-order valence-corrected chi connectivity index (χ2v) is 6.62. The molecule has 1 saturated heterocycles. The van der Waals surface area contributed by atoms with Crippen LogP contribution in [0.5, 0.6) is 0 Å². The predicted octanol–water partition coefficient (Wildman–Crippen LogP) is 2.33. The molecule has 4 nitrogen and oxygen atoms in total. The molecule has 1 aromatic carbocycles. The molecule has 22 heavy (non-hydrogen) atoms. The lowest BCUT2D eigenvalue weighted by molar-refractivity contribution is -0.153. The fraction of sp³-hybridized carbons (Fsp3) is 0.588. The van der Waals surface area contributed by atoms with Crippen molar-refractivity contribution in [1.82, 2.24) is 4.90 Å². The summed E-state index contributed by atoms with van der Waals surface area (Å²) in [4.78, 5) is 13.7. The van der Waals surface area contributed by atoms with Crippen molar-refractivity contribution in [2.24, 2.45) is 11.8 Å². The minimum absolute atomic E-state index is 0.0362. The van der Waals surface area contributed by atoms with Gasteiger partial charge in [0.05, 0.1) is 0 Å². The molecule has 1 fully saturated rings. The van der Waals surface area contributed by atoms with Crippen LogP contribution < -0.4 is 0 Å². The molecule has 0 aliphatic carbocycles. The van der Waals surface area contributed by atoms with Gasteiger partial charge in [0.15, 0.2) is 0 Å². The SMILES string of the molecule is CC(C)C(C)(C(=O)O)N1CC(CO)C(c2cccc(F)c2)C1. The van der Waals surface area contributed by atoms with Crippen LogP contribution in [-0.2, 0) is 4.79 Å². The van der Waals surface area contributed by atoms with E-state index in [0.29, 0.717) is 13.1 Å². The van der Waals surface area contributed by atoms with Crippen molar-refractivity contribution in [2.75, 3.05) is 19.7 Å². The minimum atomic E-state index is -0.991. The third-order valence-corrected chi connectivity index (χ3v) is 5.17. The Morgan fingerprint density at radius 1 is 1.45 bits per heavy atom. The van der Waals surface area contributed by atoms with Crippen LogP contribution in [0.25, 0.3) is 0 Å². The maximum Gasteiger partial charge on any atom is 0.324 e. The van der Waals surface area contributed by atoms with E-state index in [9.17, 15) is 19.4 Å². The zero-order chi connectivity index (χ0) is 16.5. The van der Waals surface area contributed by atoms with Crippen molar-refractivity contribution in [3.8, 4) is 0 Å². The number of benzene rings is 1. The highest BCUT2D eigenvalue weighted by atomic mass is 19.1. The lowest BCUT2D eigenvalue weighted by atomic mass is 9.86. The van der Waals surface area contributed by atoms with Crippen LogP contribution >= 0.6 is 0 Å². The van der Waals surface area contributed by atoms with Gasteiger partial charge in [-0.25, -0.2) is 4.39 Å². The molecular formula is C17H24FNO3. The van der Waals surface area contributed by atoms with Crippen LogP contribution in [0.3, 0.4) is 0 Å². The number of rotatable bonds is 5. The number of carboxylic acid groups (broad SMARTS) is 1. The summed E-state index contributed by atoms with van der Waals surface area (Å²) in [6, 6.07) is 6.36. The molecule has 3 unspecified atom stereocenters. The van der Waals surface area contributed by atoms with Gasteiger partial charge in [-0.15, -0.1) is 0 Å².